The molecular formula is C10H20O5. The standard InChI is InChI=1S/C10H20O5/c1-5(2)14-10-7(4-11)15-6(3)8(12)9(10)13/h5-13H,4H2,1-3H3. The van der Waals surface area contributed by atoms with Gasteiger partial charge < -0.3 is 24.8 Å². The van der Waals surface area contributed by atoms with Crippen LogP contribution in [0.1, 0.15) is 20.8 Å². The van der Waals surface area contributed by atoms with Crippen molar-refractivity contribution in [2.24, 2.45) is 0 Å². The summed E-state index contributed by atoms with van der Waals surface area (Å²) < 4.78 is 10.8. The molecule has 1 fully saturated rings. The summed E-state index contributed by atoms with van der Waals surface area (Å²) in [7, 11) is 0. The number of ether oxygens (including phenoxy) is 2. The van der Waals surface area contributed by atoms with Crippen LogP contribution in [0, 0.1) is 0 Å². The molecule has 1 saturated heterocycles. The highest BCUT2D eigenvalue weighted by atomic mass is 16.6. The van der Waals surface area contributed by atoms with E-state index < -0.39 is 30.5 Å². The highest BCUT2D eigenvalue weighted by Crippen LogP contribution is 2.24. The molecule has 90 valence electrons. The smallest absolute Gasteiger partial charge is 0.115 e. The van der Waals surface area contributed by atoms with Crippen molar-refractivity contribution in [2.45, 2.75) is 57.4 Å². The molecule has 0 radical (unpaired) electrons. The minimum absolute atomic E-state index is 0.0945. The van der Waals surface area contributed by atoms with Crippen LogP contribution in [0.2, 0.25) is 0 Å². The molecule has 5 heteroatoms. The Morgan fingerprint density at radius 1 is 1.27 bits per heavy atom. The van der Waals surface area contributed by atoms with Crippen LogP contribution in [0.25, 0.3) is 0 Å². The van der Waals surface area contributed by atoms with Crippen molar-refractivity contribution in [2.75, 3.05) is 6.61 Å². The van der Waals surface area contributed by atoms with Crippen molar-refractivity contribution in [3.05, 3.63) is 0 Å². The minimum atomic E-state index is -1.02. The number of hydrogen-bond donors (Lipinski definition) is 3. The predicted octanol–water partition coefficient (Wildman–Crippen LogP) is -0.719. The van der Waals surface area contributed by atoms with Gasteiger partial charge in [-0.3, -0.25) is 0 Å². The van der Waals surface area contributed by atoms with Crippen LogP contribution in [-0.4, -0.2) is 58.6 Å². The summed E-state index contributed by atoms with van der Waals surface area (Å²) in [6, 6.07) is 0. The second-order valence-electron chi connectivity index (χ2n) is 4.19. The van der Waals surface area contributed by atoms with Crippen molar-refractivity contribution in [3.63, 3.8) is 0 Å². The maximum atomic E-state index is 9.79. The first-order valence-electron chi connectivity index (χ1n) is 5.25. The van der Waals surface area contributed by atoms with Gasteiger partial charge >= 0.3 is 0 Å². The lowest BCUT2D eigenvalue weighted by molar-refractivity contribution is -0.244. The maximum absolute atomic E-state index is 9.79. The molecule has 0 aliphatic carbocycles. The topological polar surface area (TPSA) is 79.2 Å². The minimum Gasteiger partial charge on any atom is -0.394 e. The summed E-state index contributed by atoms with van der Waals surface area (Å²) >= 11 is 0. The van der Waals surface area contributed by atoms with E-state index in [2.05, 4.69) is 0 Å². The summed E-state index contributed by atoms with van der Waals surface area (Å²) in [6.45, 7) is 5.07. The van der Waals surface area contributed by atoms with Crippen molar-refractivity contribution in [3.8, 4) is 0 Å². The third-order valence-electron chi connectivity index (χ3n) is 2.53. The van der Waals surface area contributed by atoms with Gasteiger partial charge in [-0.1, -0.05) is 0 Å². The molecule has 0 aromatic carbocycles. The zero-order valence-corrected chi connectivity index (χ0v) is 9.33. The average Bonchev–Trinajstić information content (AvgIpc) is 2.18. The Bertz CT molecular complexity index is 194. The fraction of sp³-hybridized carbons (Fsp3) is 1.00. The Labute approximate surface area is 89.6 Å². The van der Waals surface area contributed by atoms with Gasteiger partial charge in [0.1, 0.15) is 24.4 Å². The van der Waals surface area contributed by atoms with Gasteiger partial charge in [0.15, 0.2) is 0 Å². The van der Waals surface area contributed by atoms with E-state index >= 15 is 0 Å². The fourth-order valence-corrected chi connectivity index (χ4v) is 1.75. The molecule has 5 unspecified atom stereocenters. The normalized spacial score (nSPS) is 42.2. The first-order valence-corrected chi connectivity index (χ1v) is 5.25. The quantitative estimate of drug-likeness (QED) is 0.585. The summed E-state index contributed by atoms with van der Waals surface area (Å²) in [6.07, 6.45) is -3.85. The van der Waals surface area contributed by atoms with Crippen molar-refractivity contribution in [1.82, 2.24) is 0 Å². The largest absolute Gasteiger partial charge is 0.394 e. The highest BCUT2D eigenvalue weighted by Gasteiger charge is 2.43. The molecule has 1 rings (SSSR count). The average molecular weight is 220 g/mol. The van der Waals surface area contributed by atoms with Crippen LogP contribution < -0.4 is 0 Å². The molecule has 3 N–H and O–H groups in total. The molecule has 0 amide bonds. The molecule has 0 saturated carbocycles. The molecule has 1 aliphatic rings. The maximum Gasteiger partial charge on any atom is 0.115 e. The van der Waals surface area contributed by atoms with Gasteiger partial charge in [-0.2, -0.15) is 0 Å². The van der Waals surface area contributed by atoms with E-state index in [4.69, 9.17) is 14.6 Å². The van der Waals surface area contributed by atoms with Crippen LogP contribution in [0.5, 0.6) is 0 Å². The Morgan fingerprint density at radius 3 is 2.33 bits per heavy atom. The SMILES string of the molecule is CC(C)OC1C(CO)OC(C)C(O)C1O. The van der Waals surface area contributed by atoms with Crippen LogP contribution in [-0.2, 0) is 9.47 Å². The zero-order valence-electron chi connectivity index (χ0n) is 9.33. The van der Waals surface area contributed by atoms with Gasteiger partial charge in [-0.25, -0.2) is 0 Å². The van der Waals surface area contributed by atoms with Crippen LogP contribution in [0.3, 0.4) is 0 Å². The van der Waals surface area contributed by atoms with Gasteiger partial charge in [-0.05, 0) is 20.8 Å². The molecule has 0 aromatic rings. The Balaban J connectivity index is 2.70. The Morgan fingerprint density at radius 2 is 1.87 bits per heavy atom. The first-order chi connectivity index (χ1) is 6.97. The van der Waals surface area contributed by atoms with Gasteiger partial charge in [-0.15, -0.1) is 0 Å². The third-order valence-corrected chi connectivity index (χ3v) is 2.53. The molecule has 1 heterocycles. The number of aliphatic hydroxyl groups excluding tert-OH is 3. The summed E-state index contributed by atoms with van der Waals surface area (Å²) in [5.74, 6) is 0. The lowest BCUT2D eigenvalue weighted by Crippen LogP contribution is -2.59. The summed E-state index contributed by atoms with van der Waals surface area (Å²) in [4.78, 5) is 0. The third kappa shape index (κ3) is 2.89. The summed E-state index contributed by atoms with van der Waals surface area (Å²) in [5, 5.41) is 28.5. The molecule has 5 atom stereocenters. The Kier molecular flexibility index (Phi) is 4.48. The molecule has 15 heavy (non-hydrogen) atoms. The van der Waals surface area contributed by atoms with E-state index in [9.17, 15) is 10.2 Å². The van der Waals surface area contributed by atoms with Crippen molar-refractivity contribution >= 4 is 0 Å². The van der Waals surface area contributed by atoms with Crippen LogP contribution in [0.4, 0.5) is 0 Å². The van der Waals surface area contributed by atoms with E-state index in [1.54, 1.807) is 6.92 Å². The lowest BCUT2D eigenvalue weighted by Gasteiger charge is -2.41. The predicted molar refractivity (Wildman–Crippen MR) is 53.4 cm³/mol. The number of aliphatic hydroxyl groups is 3. The highest BCUT2D eigenvalue weighted by molar-refractivity contribution is 4.91. The molecule has 0 bridgehead atoms. The van der Waals surface area contributed by atoms with Gasteiger partial charge in [0.2, 0.25) is 0 Å². The van der Waals surface area contributed by atoms with Crippen LogP contribution in [0.15, 0.2) is 0 Å². The van der Waals surface area contributed by atoms with Gasteiger partial charge in [0, 0.05) is 0 Å². The van der Waals surface area contributed by atoms with Crippen LogP contribution >= 0.6 is 0 Å². The van der Waals surface area contributed by atoms with Crippen molar-refractivity contribution < 1.29 is 24.8 Å². The van der Waals surface area contributed by atoms with E-state index in [1.807, 2.05) is 13.8 Å². The molecule has 5 nitrogen and oxygen atoms in total. The molecule has 1 aliphatic heterocycles. The second-order valence-corrected chi connectivity index (χ2v) is 4.19. The van der Waals surface area contributed by atoms with Crippen molar-refractivity contribution in [1.29, 1.82) is 0 Å². The zero-order chi connectivity index (χ0) is 11.6. The fourth-order valence-electron chi connectivity index (χ4n) is 1.75. The number of rotatable bonds is 3. The van der Waals surface area contributed by atoms with E-state index in [-0.39, 0.29) is 12.7 Å². The van der Waals surface area contributed by atoms with Gasteiger partial charge in [0.25, 0.3) is 0 Å². The van der Waals surface area contributed by atoms with E-state index in [1.165, 1.54) is 0 Å². The summed E-state index contributed by atoms with van der Waals surface area (Å²) in [5.41, 5.74) is 0. The molecular weight excluding hydrogens is 200 g/mol. The van der Waals surface area contributed by atoms with Gasteiger partial charge in [0.05, 0.1) is 18.8 Å². The number of hydrogen-bond acceptors (Lipinski definition) is 5. The first kappa shape index (κ1) is 12.9. The van der Waals surface area contributed by atoms with E-state index in [0.29, 0.717) is 0 Å². The molecule has 0 aromatic heterocycles. The Hall–Kier alpha value is -0.200. The van der Waals surface area contributed by atoms with E-state index in [0.717, 1.165) is 0 Å². The monoisotopic (exact) mass is 220 g/mol. The lowest BCUT2D eigenvalue weighted by atomic mass is 9.95. The second kappa shape index (κ2) is 5.23. The molecule has 0 spiro atoms.